The van der Waals surface area contributed by atoms with Crippen molar-refractivity contribution in [2.24, 2.45) is 0 Å². The number of hydrogen-bond donors (Lipinski definition) is 1. The fraction of sp³-hybridized carbons (Fsp3) is 0.333. The molecule has 15 heavy (non-hydrogen) atoms. The molecule has 1 aromatic heterocycles. The van der Waals surface area contributed by atoms with Crippen molar-refractivity contribution < 1.29 is 9.53 Å². The summed E-state index contributed by atoms with van der Waals surface area (Å²) in [6.07, 6.45) is 3.61. The Balaban J connectivity index is 2.48. The predicted octanol–water partition coefficient (Wildman–Crippen LogP) is 0.519. The van der Waals surface area contributed by atoms with Gasteiger partial charge in [0.25, 0.3) is 0 Å². The summed E-state index contributed by atoms with van der Waals surface area (Å²) in [5.74, 6) is -0.568. The van der Waals surface area contributed by atoms with Crippen LogP contribution in [-0.2, 0) is 4.74 Å². The summed E-state index contributed by atoms with van der Waals surface area (Å²) in [7, 11) is 0. The van der Waals surface area contributed by atoms with Crippen LogP contribution >= 0.6 is 0 Å². The van der Waals surface area contributed by atoms with E-state index in [0.717, 1.165) is 0 Å². The number of nitriles is 1. The summed E-state index contributed by atoms with van der Waals surface area (Å²) in [6, 6.07) is 1.95. The van der Waals surface area contributed by atoms with Gasteiger partial charge in [-0.15, -0.1) is 0 Å². The molecule has 1 aromatic rings. The third-order valence-corrected chi connectivity index (χ3v) is 1.59. The number of aromatic nitrogens is 2. The van der Waals surface area contributed by atoms with Crippen LogP contribution in [0.5, 0.6) is 0 Å². The number of carbonyl (C=O) groups is 1. The second-order valence-electron chi connectivity index (χ2n) is 2.69. The number of anilines is 1. The zero-order chi connectivity index (χ0) is 11.1. The summed E-state index contributed by atoms with van der Waals surface area (Å²) >= 11 is 0. The SMILES string of the molecule is N#CCCCOC(=O)c1nccnc1N. The molecule has 1 rings (SSSR count). The van der Waals surface area contributed by atoms with E-state index < -0.39 is 5.97 Å². The largest absolute Gasteiger partial charge is 0.461 e. The molecule has 2 N–H and O–H groups in total. The van der Waals surface area contributed by atoms with Gasteiger partial charge in [-0.3, -0.25) is 0 Å². The molecular formula is C9H10N4O2. The van der Waals surface area contributed by atoms with Crippen LogP contribution in [-0.4, -0.2) is 22.5 Å². The van der Waals surface area contributed by atoms with E-state index in [1.54, 1.807) is 0 Å². The first-order valence-corrected chi connectivity index (χ1v) is 4.36. The van der Waals surface area contributed by atoms with Crippen molar-refractivity contribution in [3.63, 3.8) is 0 Å². The van der Waals surface area contributed by atoms with E-state index >= 15 is 0 Å². The number of esters is 1. The van der Waals surface area contributed by atoms with Gasteiger partial charge in [-0.25, -0.2) is 14.8 Å². The van der Waals surface area contributed by atoms with Gasteiger partial charge < -0.3 is 10.5 Å². The minimum atomic E-state index is -0.612. The van der Waals surface area contributed by atoms with Gasteiger partial charge in [0, 0.05) is 18.8 Å². The lowest BCUT2D eigenvalue weighted by atomic mass is 10.3. The highest BCUT2D eigenvalue weighted by molar-refractivity contribution is 5.91. The zero-order valence-electron chi connectivity index (χ0n) is 8.01. The quantitative estimate of drug-likeness (QED) is 0.569. The number of carbonyl (C=O) groups excluding carboxylic acids is 1. The van der Waals surface area contributed by atoms with E-state index in [1.807, 2.05) is 6.07 Å². The van der Waals surface area contributed by atoms with Crippen molar-refractivity contribution in [1.82, 2.24) is 9.97 Å². The number of hydrogen-bond acceptors (Lipinski definition) is 6. The van der Waals surface area contributed by atoms with Crippen LogP contribution in [0.4, 0.5) is 5.82 Å². The minimum absolute atomic E-state index is 0.00876. The number of rotatable bonds is 4. The molecule has 1 heterocycles. The Morgan fingerprint density at radius 1 is 1.53 bits per heavy atom. The fourth-order valence-corrected chi connectivity index (χ4v) is 0.891. The smallest absolute Gasteiger partial charge is 0.360 e. The Hall–Kier alpha value is -2.16. The molecule has 0 saturated heterocycles. The van der Waals surface area contributed by atoms with Crippen LogP contribution < -0.4 is 5.73 Å². The maximum Gasteiger partial charge on any atom is 0.360 e. The third kappa shape index (κ3) is 3.23. The van der Waals surface area contributed by atoms with Gasteiger partial charge in [0.2, 0.25) is 0 Å². The first kappa shape index (κ1) is 10.9. The predicted molar refractivity (Wildman–Crippen MR) is 51.6 cm³/mol. The van der Waals surface area contributed by atoms with Gasteiger partial charge in [-0.2, -0.15) is 5.26 Å². The second kappa shape index (κ2) is 5.54. The fourth-order valence-electron chi connectivity index (χ4n) is 0.891. The molecule has 0 aromatic carbocycles. The van der Waals surface area contributed by atoms with Crippen molar-refractivity contribution in [2.45, 2.75) is 12.8 Å². The number of nitrogens with zero attached hydrogens (tertiary/aromatic N) is 3. The molecule has 0 bridgehead atoms. The molecule has 78 valence electrons. The summed E-state index contributed by atoms with van der Waals surface area (Å²) < 4.78 is 4.84. The molecule has 0 spiro atoms. The summed E-state index contributed by atoms with van der Waals surface area (Å²) in [5.41, 5.74) is 5.43. The highest BCUT2D eigenvalue weighted by Gasteiger charge is 2.12. The molecular weight excluding hydrogens is 196 g/mol. The number of nitrogen functional groups attached to an aromatic ring is 1. The lowest BCUT2D eigenvalue weighted by Crippen LogP contribution is -2.12. The lowest BCUT2D eigenvalue weighted by molar-refractivity contribution is 0.0496. The zero-order valence-corrected chi connectivity index (χ0v) is 8.01. The van der Waals surface area contributed by atoms with E-state index in [9.17, 15) is 4.79 Å². The number of ether oxygens (including phenoxy) is 1. The highest BCUT2D eigenvalue weighted by atomic mass is 16.5. The number of unbranched alkanes of at least 4 members (excludes halogenated alkanes) is 1. The van der Waals surface area contributed by atoms with Gasteiger partial charge in [-0.05, 0) is 6.42 Å². The van der Waals surface area contributed by atoms with Crippen LogP contribution in [0.15, 0.2) is 12.4 Å². The van der Waals surface area contributed by atoms with Crippen LogP contribution in [0.2, 0.25) is 0 Å². The molecule has 0 aliphatic heterocycles. The van der Waals surface area contributed by atoms with Gasteiger partial charge >= 0.3 is 5.97 Å². The third-order valence-electron chi connectivity index (χ3n) is 1.59. The van der Waals surface area contributed by atoms with Gasteiger partial charge in [0.1, 0.15) is 0 Å². The van der Waals surface area contributed by atoms with E-state index in [4.69, 9.17) is 15.7 Å². The first-order chi connectivity index (χ1) is 7.25. The number of nitrogens with two attached hydrogens (primary N) is 1. The van der Waals surface area contributed by atoms with Gasteiger partial charge in [-0.1, -0.05) is 0 Å². The van der Waals surface area contributed by atoms with Crippen LogP contribution in [0.25, 0.3) is 0 Å². The monoisotopic (exact) mass is 206 g/mol. The second-order valence-corrected chi connectivity index (χ2v) is 2.69. The summed E-state index contributed by atoms with van der Waals surface area (Å²) in [5, 5.41) is 8.26. The average Bonchev–Trinajstić information content (AvgIpc) is 2.25. The molecule has 0 unspecified atom stereocenters. The van der Waals surface area contributed by atoms with E-state index in [2.05, 4.69) is 9.97 Å². The molecule has 0 atom stereocenters. The Bertz CT molecular complexity index is 386. The van der Waals surface area contributed by atoms with Crippen molar-refractivity contribution in [1.29, 1.82) is 5.26 Å². The first-order valence-electron chi connectivity index (χ1n) is 4.36. The Labute approximate surface area is 86.7 Å². The lowest BCUT2D eigenvalue weighted by Gasteiger charge is -2.03. The molecule has 0 saturated carbocycles. The van der Waals surface area contributed by atoms with E-state index in [0.29, 0.717) is 12.8 Å². The molecule has 0 aliphatic rings. The average molecular weight is 206 g/mol. The Morgan fingerprint density at radius 3 is 2.93 bits per heavy atom. The topological polar surface area (TPSA) is 102 Å². The maximum atomic E-state index is 11.3. The van der Waals surface area contributed by atoms with E-state index in [-0.39, 0.29) is 18.1 Å². The molecule has 0 amide bonds. The van der Waals surface area contributed by atoms with Crippen molar-refractivity contribution >= 4 is 11.8 Å². The normalized spacial score (nSPS) is 9.27. The van der Waals surface area contributed by atoms with Gasteiger partial charge in [0.05, 0.1) is 12.7 Å². The van der Waals surface area contributed by atoms with Crippen LogP contribution in [0.3, 0.4) is 0 Å². The van der Waals surface area contributed by atoms with Crippen molar-refractivity contribution in [3.8, 4) is 6.07 Å². The van der Waals surface area contributed by atoms with Crippen molar-refractivity contribution in [2.75, 3.05) is 12.3 Å². The van der Waals surface area contributed by atoms with Crippen molar-refractivity contribution in [3.05, 3.63) is 18.1 Å². The van der Waals surface area contributed by atoms with Crippen LogP contribution in [0.1, 0.15) is 23.3 Å². The highest BCUT2D eigenvalue weighted by Crippen LogP contribution is 2.05. The molecule has 0 radical (unpaired) electrons. The van der Waals surface area contributed by atoms with E-state index in [1.165, 1.54) is 12.4 Å². The van der Waals surface area contributed by atoms with Crippen LogP contribution in [0, 0.1) is 11.3 Å². The molecule has 0 aliphatic carbocycles. The molecule has 0 fully saturated rings. The standard InChI is InChI=1S/C9H10N4O2/c10-3-1-2-6-15-9(14)7-8(11)13-5-4-12-7/h4-5H,1-2,6H2,(H2,11,13). The Morgan fingerprint density at radius 2 is 2.27 bits per heavy atom. The molecule has 6 heteroatoms. The summed E-state index contributed by atoms with van der Waals surface area (Å²) in [6.45, 7) is 0.183. The molecule has 6 nitrogen and oxygen atoms in total. The Kier molecular flexibility index (Phi) is 4.04. The minimum Gasteiger partial charge on any atom is -0.461 e. The maximum absolute atomic E-state index is 11.3. The van der Waals surface area contributed by atoms with Gasteiger partial charge in [0.15, 0.2) is 11.5 Å². The summed E-state index contributed by atoms with van der Waals surface area (Å²) in [4.78, 5) is 18.8.